The van der Waals surface area contributed by atoms with E-state index in [1.165, 1.54) is 30.9 Å². The van der Waals surface area contributed by atoms with Crippen LogP contribution in [0.4, 0.5) is 4.39 Å². The van der Waals surface area contributed by atoms with E-state index in [0.29, 0.717) is 24.1 Å². The van der Waals surface area contributed by atoms with E-state index in [4.69, 9.17) is 4.98 Å². The topological polar surface area (TPSA) is 67.2 Å². The van der Waals surface area contributed by atoms with Gasteiger partial charge in [-0.1, -0.05) is 73.4 Å². The van der Waals surface area contributed by atoms with Gasteiger partial charge < -0.3 is 9.47 Å². The highest BCUT2D eigenvalue weighted by Gasteiger charge is 2.25. The largest absolute Gasteiger partial charge is 0.324 e. The third kappa shape index (κ3) is 8.18. The minimum atomic E-state index is -0.396. The first kappa shape index (κ1) is 34.5. The third-order valence-electron chi connectivity index (χ3n) is 10.4. The number of imidazole rings is 1. The molecule has 1 saturated carbocycles. The molecule has 1 saturated heterocycles. The van der Waals surface area contributed by atoms with Crippen LogP contribution in [-0.4, -0.2) is 60.9 Å². The van der Waals surface area contributed by atoms with Crippen molar-refractivity contribution in [1.29, 1.82) is 0 Å². The number of amides is 1. The minimum Gasteiger partial charge on any atom is -0.324 e. The fourth-order valence-corrected chi connectivity index (χ4v) is 7.46. The zero-order valence-electron chi connectivity index (χ0n) is 29.8. The maximum Gasteiger partial charge on any atom is 0.258 e. The summed E-state index contributed by atoms with van der Waals surface area (Å²) in [6.45, 7) is 7.54. The first-order valence-corrected chi connectivity index (χ1v) is 18.4. The van der Waals surface area contributed by atoms with Gasteiger partial charge in [0.15, 0.2) is 0 Å². The molecule has 2 aromatic carbocycles. The van der Waals surface area contributed by atoms with Gasteiger partial charge in [-0.15, -0.1) is 0 Å². The van der Waals surface area contributed by atoms with Crippen molar-refractivity contribution in [2.24, 2.45) is 0 Å². The smallest absolute Gasteiger partial charge is 0.258 e. The molecule has 0 spiro atoms. The molecule has 1 aliphatic heterocycles. The van der Waals surface area contributed by atoms with Crippen molar-refractivity contribution in [3.63, 3.8) is 0 Å². The number of aryl methyl sites for hydroxylation is 2. The van der Waals surface area contributed by atoms with Crippen molar-refractivity contribution < 1.29 is 9.18 Å². The van der Waals surface area contributed by atoms with Crippen LogP contribution in [-0.2, 0) is 13.0 Å². The van der Waals surface area contributed by atoms with E-state index in [1.54, 1.807) is 24.5 Å². The molecule has 7 nitrogen and oxygen atoms in total. The zero-order chi connectivity index (χ0) is 35.2. The van der Waals surface area contributed by atoms with Gasteiger partial charge in [0.25, 0.3) is 5.91 Å². The molecule has 3 aromatic heterocycles. The number of hydrogen-bond donors (Lipinski definition) is 0. The monoisotopic (exact) mass is 682 g/mol. The van der Waals surface area contributed by atoms with E-state index < -0.39 is 5.82 Å². The van der Waals surface area contributed by atoms with Gasteiger partial charge in [-0.3, -0.25) is 19.7 Å². The van der Waals surface area contributed by atoms with E-state index in [9.17, 15) is 4.79 Å². The van der Waals surface area contributed by atoms with Crippen LogP contribution in [0.2, 0.25) is 0 Å². The summed E-state index contributed by atoms with van der Waals surface area (Å²) in [5, 5.41) is 0. The number of rotatable bonds is 11. The zero-order valence-corrected chi connectivity index (χ0v) is 29.8. The molecule has 0 radical (unpaired) electrons. The van der Waals surface area contributed by atoms with Gasteiger partial charge in [-0.2, -0.15) is 0 Å². The Labute approximate surface area is 300 Å². The lowest BCUT2D eigenvalue weighted by Crippen LogP contribution is -2.37. The lowest BCUT2D eigenvalue weighted by molar-refractivity contribution is 0.0737. The second-order valence-electron chi connectivity index (χ2n) is 14.0. The Morgan fingerprint density at radius 2 is 1.71 bits per heavy atom. The molecular weight excluding hydrogens is 636 g/mol. The fourth-order valence-electron chi connectivity index (χ4n) is 7.46. The Bertz CT molecular complexity index is 2040. The van der Waals surface area contributed by atoms with Gasteiger partial charge in [0.2, 0.25) is 0 Å². The number of carbonyl (C=O) groups is 1. The lowest BCUT2D eigenvalue weighted by atomic mass is 9.93. The maximum absolute atomic E-state index is 15.7. The number of benzene rings is 2. The highest BCUT2D eigenvalue weighted by molar-refractivity contribution is 5.95. The molecule has 1 amide bonds. The number of nitrogens with zero attached hydrogens (tertiary/aromatic N) is 6. The van der Waals surface area contributed by atoms with E-state index in [-0.39, 0.29) is 11.9 Å². The van der Waals surface area contributed by atoms with Crippen LogP contribution in [0.1, 0.15) is 89.2 Å². The molecule has 8 heteroatoms. The summed E-state index contributed by atoms with van der Waals surface area (Å²) in [6, 6.07) is 21.7. The van der Waals surface area contributed by atoms with Crippen molar-refractivity contribution >= 4 is 22.5 Å². The highest BCUT2D eigenvalue weighted by Crippen LogP contribution is 2.27. The van der Waals surface area contributed by atoms with Crippen molar-refractivity contribution in [3.05, 3.63) is 143 Å². The Hall–Kier alpha value is -4.95. The van der Waals surface area contributed by atoms with E-state index in [1.807, 2.05) is 40.8 Å². The van der Waals surface area contributed by atoms with Gasteiger partial charge in [0.05, 0.1) is 24.0 Å². The van der Waals surface area contributed by atoms with Gasteiger partial charge in [0, 0.05) is 53.8 Å². The van der Waals surface area contributed by atoms with Crippen LogP contribution in [0.3, 0.4) is 0 Å². The maximum atomic E-state index is 15.7. The number of hydrogen-bond acceptors (Lipinski definition) is 5. The number of likely N-dealkylation sites (tertiary alicyclic amines) is 1. The Kier molecular flexibility index (Phi) is 10.8. The number of aromatic nitrogens is 4. The molecule has 51 heavy (non-hydrogen) atoms. The summed E-state index contributed by atoms with van der Waals surface area (Å²) in [5.41, 5.74) is 7.98. The van der Waals surface area contributed by atoms with Gasteiger partial charge >= 0.3 is 0 Å². The molecule has 0 N–H and O–H groups in total. The molecule has 0 atom stereocenters. The first-order valence-electron chi connectivity index (χ1n) is 18.4. The van der Waals surface area contributed by atoms with Gasteiger partial charge in [-0.05, 0) is 88.5 Å². The molecule has 1 aliphatic carbocycles. The summed E-state index contributed by atoms with van der Waals surface area (Å²) >= 11 is 0. The number of carbonyl (C=O) groups excluding carboxylic acids is 1. The molecule has 0 unspecified atom stereocenters. The predicted octanol–water partition coefficient (Wildman–Crippen LogP) is 8.69. The third-order valence-corrected chi connectivity index (χ3v) is 10.4. The molecule has 7 rings (SSSR count). The number of pyridine rings is 2. The van der Waals surface area contributed by atoms with Crippen LogP contribution >= 0.6 is 0 Å². The standard InChI is InChI=1S/C43H47FN6O/c1-31-15-17-33(18-16-31)38(22-27-48-24-6-7-25-48)40-14-8-10-36(47-40)11-9-26-49(37-12-4-3-5-13-37)43(51)34-19-20-35(39(44)28-34)30-50-32(2)46-41-29-45-23-21-42(41)50/h8-10,14-23,26,28-29,37H,3-7,11-13,24-25,27,30H2,1-2H3. The molecule has 2 fully saturated rings. The minimum absolute atomic E-state index is 0.0831. The highest BCUT2D eigenvalue weighted by atomic mass is 19.1. The average molecular weight is 683 g/mol. The van der Waals surface area contributed by atoms with E-state index in [2.05, 4.69) is 64.3 Å². The van der Waals surface area contributed by atoms with E-state index in [0.717, 1.165) is 84.7 Å². The normalized spacial score (nSPS) is 16.0. The Balaban J connectivity index is 1.10. The SMILES string of the molecule is Cc1ccc(C(=CCN2CCCC2)c2cccc(CC=CN(C(=O)c3ccc(Cn4c(C)nc5cnccc54)c(F)c3)C3CCCCC3)n2)cc1. The average Bonchev–Trinajstić information content (AvgIpc) is 3.79. The molecule has 5 aromatic rings. The summed E-state index contributed by atoms with van der Waals surface area (Å²) in [4.78, 5) is 32.2. The molecule has 4 heterocycles. The van der Waals surface area contributed by atoms with Crippen LogP contribution in [0.15, 0.2) is 97.5 Å². The molecule has 0 bridgehead atoms. The quantitative estimate of drug-likeness (QED) is 0.140. The molecule has 2 aliphatic rings. The van der Waals surface area contributed by atoms with Crippen molar-refractivity contribution in [2.75, 3.05) is 19.6 Å². The Morgan fingerprint density at radius 3 is 2.49 bits per heavy atom. The summed E-state index contributed by atoms with van der Waals surface area (Å²) < 4.78 is 17.6. The summed E-state index contributed by atoms with van der Waals surface area (Å²) in [6.07, 6.45) is 18.0. The molecular formula is C43H47FN6O. The predicted molar refractivity (Wildman–Crippen MR) is 202 cm³/mol. The second-order valence-corrected chi connectivity index (χ2v) is 14.0. The fraction of sp³-hybridized carbons (Fsp3) is 0.349. The second kappa shape index (κ2) is 15.9. The summed E-state index contributed by atoms with van der Waals surface area (Å²) in [7, 11) is 0. The van der Waals surface area contributed by atoms with E-state index >= 15 is 4.39 Å². The van der Waals surface area contributed by atoms with Crippen molar-refractivity contribution in [1.82, 2.24) is 29.3 Å². The molecule has 262 valence electrons. The first-order chi connectivity index (χ1) is 24.9. The summed E-state index contributed by atoms with van der Waals surface area (Å²) in [5.74, 6) is 0.217. The van der Waals surface area contributed by atoms with Gasteiger partial charge in [0.1, 0.15) is 17.2 Å². The van der Waals surface area contributed by atoms with Crippen molar-refractivity contribution in [3.8, 4) is 0 Å². The van der Waals surface area contributed by atoms with Crippen LogP contribution in [0.25, 0.3) is 16.6 Å². The van der Waals surface area contributed by atoms with Gasteiger partial charge in [-0.25, -0.2) is 9.37 Å². The van der Waals surface area contributed by atoms with Crippen molar-refractivity contribution in [2.45, 2.75) is 77.8 Å². The Morgan fingerprint density at radius 1 is 0.922 bits per heavy atom. The number of fused-ring (bicyclic) bond motifs is 1. The number of halogens is 1. The van der Waals surface area contributed by atoms with Crippen LogP contribution in [0.5, 0.6) is 0 Å². The lowest BCUT2D eigenvalue weighted by Gasteiger charge is -2.32. The number of allylic oxidation sites excluding steroid dienone is 1. The van der Waals surface area contributed by atoms with Crippen LogP contribution < -0.4 is 0 Å². The van der Waals surface area contributed by atoms with Crippen LogP contribution in [0, 0.1) is 19.7 Å².